The number of H-pyrrole nitrogens is 1. The Morgan fingerprint density at radius 3 is 2.83 bits per heavy atom. The summed E-state index contributed by atoms with van der Waals surface area (Å²) in [7, 11) is 1.55. The molecule has 150 valence electrons. The number of anilines is 1. The molecule has 0 saturated carbocycles. The number of aromatic amines is 1. The summed E-state index contributed by atoms with van der Waals surface area (Å²) in [5.74, 6) is -0.619. The molecular weight excluding hydrogens is 376 g/mol. The Balaban J connectivity index is 1.82. The number of fused-ring (bicyclic) bond motifs is 2. The molecule has 0 aliphatic carbocycles. The highest BCUT2D eigenvalue weighted by molar-refractivity contribution is 5.97. The lowest BCUT2D eigenvalue weighted by molar-refractivity contribution is -0.119. The third-order valence-electron chi connectivity index (χ3n) is 4.99. The van der Waals surface area contributed by atoms with E-state index in [1.807, 2.05) is 6.07 Å². The summed E-state index contributed by atoms with van der Waals surface area (Å²) in [4.78, 5) is 32.6. The Morgan fingerprint density at radius 2 is 2.07 bits per heavy atom. The number of hydrogen-bond acceptors (Lipinski definition) is 7. The van der Waals surface area contributed by atoms with Crippen molar-refractivity contribution in [3.05, 3.63) is 45.5 Å². The highest BCUT2D eigenvalue weighted by atomic mass is 16.5. The van der Waals surface area contributed by atoms with Crippen molar-refractivity contribution in [3.8, 4) is 17.6 Å². The molecule has 1 amide bonds. The second-order valence-corrected chi connectivity index (χ2v) is 6.85. The molecule has 9 heteroatoms. The fraction of sp³-hybridized carbons (Fsp3) is 0.400. The highest BCUT2D eigenvalue weighted by Gasteiger charge is 2.40. The Bertz CT molecular complexity index is 1040. The summed E-state index contributed by atoms with van der Waals surface area (Å²) >= 11 is 0. The van der Waals surface area contributed by atoms with E-state index in [4.69, 9.17) is 14.2 Å². The summed E-state index contributed by atoms with van der Waals surface area (Å²) in [5, 5.41) is 12.2. The lowest BCUT2D eigenvalue weighted by Crippen LogP contribution is -2.38. The highest BCUT2D eigenvalue weighted by Crippen LogP contribution is 2.41. The van der Waals surface area contributed by atoms with Gasteiger partial charge in [0, 0.05) is 25.9 Å². The maximum atomic E-state index is 12.9. The fourth-order valence-electron chi connectivity index (χ4n) is 3.61. The van der Waals surface area contributed by atoms with E-state index in [1.54, 1.807) is 25.3 Å². The number of amides is 1. The van der Waals surface area contributed by atoms with Gasteiger partial charge < -0.3 is 24.5 Å². The Kier molecular flexibility index (Phi) is 5.18. The van der Waals surface area contributed by atoms with Gasteiger partial charge in [0.1, 0.15) is 17.6 Å². The SMILES string of the molecule is COCCc1nc2c(c(=O)[nH]1)C(c1ccc3c(c1)OCCCO3)C(C#N)C(=O)N2. The van der Waals surface area contributed by atoms with Crippen LogP contribution in [-0.4, -0.2) is 42.8 Å². The maximum Gasteiger partial charge on any atom is 0.256 e. The van der Waals surface area contributed by atoms with Crippen LogP contribution in [0.15, 0.2) is 23.0 Å². The van der Waals surface area contributed by atoms with Gasteiger partial charge in [-0.05, 0) is 17.7 Å². The first-order chi connectivity index (χ1) is 14.1. The summed E-state index contributed by atoms with van der Waals surface area (Å²) in [6.07, 6.45) is 1.15. The smallest absolute Gasteiger partial charge is 0.256 e. The molecule has 2 atom stereocenters. The molecule has 2 aliphatic rings. The topological polar surface area (TPSA) is 126 Å². The van der Waals surface area contributed by atoms with Crippen molar-refractivity contribution in [1.82, 2.24) is 9.97 Å². The molecule has 3 heterocycles. The summed E-state index contributed by atoms with van der Waals surface area (Å²) < 4.78 is 16.4. The van der Waals surface area contributed by atoms with Crippen molar-refractivity contribution < 1.29 is 19.0 Å². The summed E-state index contributed by atoms with van der Waals surface area (Å²) in [6, 6.07) is 7.25. The van der Waals surface area contributed by atoms with E-state index in [9.17, 15) is 14.9 Å². The minimum Gasteiger partial charge on any atom is -0.490 e. The number of carbonyl (C=O) groups is 1. The van der Waals surface area contributed by atoms with E-state index in [0.717, 1.165) is 6.42 Å². The third-order valence-corrected chi connectivity index (χ3v) is 4.99. The van der Waals surface area contributed by atoms with Crippen LogP contribution in [-0.2, 0) is 16.0 Å². The largest absolute Gasteiger partial charge is 0.490 e. The van der Waals surface area contributed by atoms with Gasteiger partial charge in [0.25, 0.3) is 5.56 Å². The zero-order valence-electron chi connectivity index (χ0n) is 15.9. The van der Waals surface area contributed by atoms with Crippen molar-refractivity contribution >= 4 is 11.7 Å². The predicted molar refractivity (Wildman–Crippen MR) is 102 cm³/mol. The normalized spacial score (nSPS) is 20.2. The van der Waals surface area contributed by atoms with E-state index in [-0.39, 0.29) is 11.4 Å². The monoisotopic (exact) mass is 396 g/mol. The van der Waals surface area contributed by atoms with Gasteiger partial charge in [0.05, 0.1) is 31.5 Å². The molecule has 2 N–H and O–H groups in total. The zero-order chi connectivity index (χ0) is 20.4. The van der Waals surface area contributed by atoms with E-state index in [2.05, 4.69) is 15.3 Å². The van der Waals surface area contributed by atoms with Crippen molar-refractivity contribution in [2.24, 2.45) is 5.92 Å². The molecule has 0 bridgehead atoms. The first-order valence-electron chi connectivity index (χ1n) is 9.34. The first-order valence-corrected chi connectivity index (χ1v) is 9.34. The minimum absolute atomic E-state index is 0.175. The summed E-state index contributed by atoms with van der Waals surface area (Å²) in [6.45, 7) is 1.43. The number of hydrogen-bond donors (Lipinski definition) is 2. The van der Waals surface area contributed by atoms with Crippen molar-refractivity contribution in [1.29, 1.82) is 5.26 Å². The minimum atomic E-state index is -1.07. The van der Waals surface area contributed by atoms with E-state index < -0.39 is 23.3 Å². The summed E-state index contributed by atoms with van der Waals surface area (Å²) in [5.41, 5.74) is 0.485. The predicted octanol–water partition coefficient (Wildman–Crippen LogP) is 1.34. The number of carbonyl (C=O) groups excluding carboxylic acids is 1. The number of benzene rings is 1. The van der Waals surface area contributed by atoms with Gasteiger partial charge in [-0.3, -0.25) is 9.59 Å². The first kappa shape index (κ1) is 19.0. The van der Waals surface area contributed by atoms with Crippen LogP contribution < -0.4 is 20.3 Å². The molecule has 0 spiro atoms. The number of nitrogens with one attached hydrogen (secondary N) is 2. The van der Waals surface area contributed by atoms with E-state index >= 15 is 0 Å². The van der Waals surface area contributed by atoms with E-state index in [1.165, 1.54) is 0 Å². The molecule has 9 nitrogen and oxygen atoms in total. The molecule has 4 rings (SSSR count). The third kappa shape index (κ3) is 3.54. The average molecular weight is 396 g/mol. The van der Waals surface area contributed by atoms with Crippen molar-refractivity contribution in [2.45, 2.75) is 18.8 Å². The zero-order valence-corrected chi connectivity index (χ0v) is 15.9. The van der Waals surface area contributed by atoms with Gasteiger partial charge >= 0.3 is 0 Å². The number of rotatable bonds is 4. The number of nitrogens with zero attached hydrogens (tertiary/aromatic N) is 2. The number of nitriles is 1. The van der Waals surface area contributed by atoms with Crippen LogP contribution in [0.4, 0.5) is 5.82 Å². The van der Waals surface area contributed by atoms with Crippen LogP contribution in [0.2, 0.25) is 0 Å². The molecule has 2 unspecified atom stereocenters. The Hall–Kier alpha value is -3.38. The lowest BCUT2D eigenvalue weighted by atomic mass is 9.79. The number of ether oxygens (including phenoxy) is 3. The van der Waals surface area contributed by atoms with Gasteiger partial charge in [-0.25, -0.2) is 4.98 Å². The average Bonchev–Trinajstić information content (AvgIpc) is 2.96. The molecule has 29 heavy (non-hydrogen) atoms. The molecule has 0 saturated heterocycles. The van der Waals surface area contributed by atoms with Gasteiger partial charge in [0.15, 0.2) is 11.5 Å². The van der Waals surface area contributed by atoms with Gasteiger partial charge in [-0.1, -0.05) is 6.07 Å². The molecule has 0 fully saturated rings. The van der Waals surface area contributed by atoms with E-state index in [0.29, 0.717) is 49.1 Å². The van der Waals surface area contributed by atoms with Crippen LogP contribution in [0.25, 0.3) is 0 Å². The molecule has 1 aromatic heterocycles. The van der Waals surface area contributed by atoms with Crippen LogP contribution >= 0.6 is 0 Å². The molecule has 0 radical (unpaired) electrons. The Morgan fingerprint density at radius 1 is 1.28 bits per heavy atom. The standard InChI is InChI=1S/C20H20N4O5/c1-27-8-5-15-22-18-17(20(26)23-15)16(12(10-21)19(25)24-18)11-3-4-13-14(9-11)29-7-2-6-28-13/h3-4,9,12,16H,2,5-8H2,1H3,(H2,22,23,24,25,26). The van der Waals surface area contributed by atoms with Gasteiger partial charge in [0.2, 0.25) is 5.91 Å². The van der Waals surface area contributed by atoms with Crippen LogP contribution in [0.5, 0.6) is 11.5 Å². The van der Waals surface area contributed by atoms with Gasteiger partial charge in [-0.2, -0.15) is 5.26 Å². The molecule has 1 aromatic carbocycles. The van der Waals surface area contributed by atoms with Crippen LogP contribution in [0.3, 0.4) is 0 Å². The van der Waals surface area contributed by atoms with Crippen LogP contribution in [0, 0.1) is 17.2 Å². The Labute approximate surface area is 166 Å². The fourth-order valence-corrected chi connectivity index (χ4v) is 3.61. The van der Waals surface area contributed by atoms with Gasteiger partial charge in [-0.15, -0.1) is 0 Å². The second kappa shape index (κ2) is 7.93. The lowest BCUT2D eigenvalue weighted by Gasteiger charge is -2.28. The van der Waals surface area contributed by atoms with Crippen molar-refractivity contribution in [2.75, 3.05) is 32.2 Å². The van der Waals surface area contributed by atoms with Crippen LogP contribution in [0.1, 0.15) is 29.3 Å². The van der Waals surface area contributed by atoms with Crippen molar-refractivity contribution in [3.63, 3.8) is 0 Å². The number of methoxy groups -OCH3 is 1. The second-order valence-electron chi connectivity index (χ2n) is 6.85. The number of aromatic nitrogens is 2. The molecular formula is C20H20N4O5. The quantitative estimate of drug-likeness (QED) is 0.798. The molecule has 2 aliphatic heterocycles. The maximum absolute atomic E-state index is 12.9. The molecule has 2 aromatic rings.